The smallest absolute Gasteiger partial charge is 0.306 e. The number of carbonyl (C=O) groups is 3. The minimum absolute atomic E-state index is 0.0611. The summed E-state index contributed by atoms with van der Waals surface area (Å²) in [5, 5.41) is 0. The van der Waals surface area contributed by atoms with Gasteiger partial charge in [-0.05, 0) is 44.9 Å². The van der Waals surface area contributed by atoms with Crippen molar-refractivity contribution in [1.29, 1.82) is 0 Å². The van der Waals surface area contributed by atoms with Gasteiger partial charge < -0.3 is 14.2 Å². The van der Waals surface area contributed by atoms with Gasteiger partial charge in [0.25, 0.3) is 0 Å². The van der Waals surface area contributed by atoms with Crippen LogP contribution in [0.5, 0.6) is 0 Å². The van der Waals surface area contributed by atoms with Crippen molar-refractivity contribution >= 4 is 17.9 Å². The first-order chi connectivity index (χ1) is 37.0. The number of esters is 3. The van der Waals surface area contributed by atoms with E-state index in [0.29, 0.717) is 19.3 Å². The van der Waals surface area contributed by atoms with Gasteiger partial charge >= 0.3 is 17.9 Å². The molecule has 2 aliphatic rings. The summed E-state index contributed by atoms with van der Waals surface area (Å²) in [7, 11) is 0. The molecule has 0 saturated heterocycles. The molecule has 6 nitrogen and oxygen atoms in total. The van der Waals surface area contributed by atoms with Gasteiger partial charge in [-0.3, -0.25) is 14.4 Å². The van der Waals surface area contributed by atoms with Gasteiger partial charge in [0.15, 0.2) is 6.10 Å². The Morgan fingerprint density at radius 2 is 0.560 bits per heavy atom. The molecule has 0 aromatic rings. The van der Waals surface area contributed by atoms with Crippen molar-refractivity contribution in [2.75, 3.05) is 13.2 Å². The van der Waals surface area contributed by atoms with E-state index in [2.05, 4.69) is 57.2 Å². The third kappa shape index (κ3) is 51.9. The van der Waals surface area contributed by atoms with E-state index in [1.165, 1.54) is 257 Å². The lowest BCUT2D eigenvalue weighted by molar-refractivity contribution is -0.167. The third-order valence-electron chi connectivity index (χ3n) is 15.6. The van der Waals surface area contributed by atoms with Crippen LogP contribution >= 0.6 is 0 Å². The van der Waals surface area contributed by atoms with E-state index in [1.54, 1.807) is 11.1 Å². The maximum Gasteiger partial charge on any atom is 0.306 e. The highest BCUT2D eigenvalue weighted by Crippen LogP contribution is 2.23. The number of carbonyl (C=O) groups excluding carboxylic acids is 3. The lowest BCUT2D eigenvalue weighted by atomic mass is 10.0. The number of rotatable bonds is 56. The zero-order valence-corrected chi connectivity index (χ0v) is 50.2. The maximum atomic E-state index is 12.8. The van der Waals surface area contributed by atoms with Crippen LogP contribution in [0.3, 0.4) is 0 Å². The highest BCUT2D eigenvalue weighted by molar-refractivity contribution is 5.71. The largest absolute Gasteiger partial charge is 0.462 e. The predicted octanol–water partition coefficient (Wildman–Crippen LogP) is 22.3. The van der Waals surface area contributed by atoms with Gasteiger partial charge in [-0.2, -0.15) is 0 Å². The topological polar surface area (TPSA) is 78.9 Å². The fourth-order valence-corrected chi connectivity index (χ4v) is 10.5. The zero-order chi connectivity index (χ0) is 54.0. The monoisotopic (exact) mass is 1050 g/mol. The lowest BCUT2D eigenvalue weighted by Gasteiger charge is -2.18. The van der Waals surface area contributed by atoms with Crippen molar-refractivity contribution in [3.05, 3.63) is 47.6 Å². The van der Waals surface area contributed by atoms with E-state index in [0.717, 1.165) is 57.8 Å². The molecule has 0 heterocycles. The average molecular weight is 1050 g/mol. The van der Waals surface area contributed by atoms with Crippen LogP contribution in [0.15, 0.2) is 47.6 Å². The van der Waals surface area contributed by atoms with Gasteiger partial charge in [-0.25, -0.2) is 0 Å². The Hall–Kier alpha value is -2.63. The Kier molecular flexibility index (Phi) is 54.0. The molecule has 0 aromatic heterocycles. The summed E-state index contributed by atoms with van der Waals surface area (Å²) in [4.78, 5) is 38.1. The molecular formula is C69H124O6. The predicted molar refractivity (Wildman–Crippen MR) is 323 cm³/mol. The summed E-state index contributed by atoms with van der Waals surface area (Å²) < 4.78 is 16.9. The molecule has 2 aliphatic carbocycles. The summed E-state index contributed by atoms with van der Waals surface area (Å²) in [5.41, 5.74) is 3.17. The third-order valence-corrected chi connectivity index (χ3v) is 15.6. The van der Waals surface area contributed by atoms with Crippen LogP contribution in [-0.4, -0.2) is 37.2 Å². The number of allylic oxidation sites excluding steroid dienone is 8. The summed E-state index contributed by atoms with van der Waals surface area (Å²) in [6, 6.07) is 0. The van der Waals surface area contributed by atoms with Gasteiger partial charge in [-0.15, -0.1) is 0 Å². The highest BCUT2D eigenvalue weighted by atomic mass is 16.6. The first-order valence-corrected chi connectivity index (χ1v) is 33.2. The van der Waals surface area contributed by atoms with Crippen LogP contribution in [0, 0.1) is 0 Å². The second-order valence-electron chi connectivity index (χ2n) is 23.0. The molecule has 0 radical (unpaired) electrons. The lowest BCUT2D eigenvalue weighted by Crippen LogP contribution is -2.30. The molecule has 0 unspecified atom stereocenters. The minimum atomic E-state index is -0.760. The van der Waals surface area contributed by atoms with Crippen molar-refractivity contribution in [3.8, 4) is 0 Å². The van der Waals surface area contributed by atoms with E-state index >= 15 is 0 Å². The highest BCUT2D eigenvalue weighted by Gasteiger charge is 2.20. The van der Waals surface area contributed by atoms with Crippen LogP contribution in [0.4, 0.5) is 0 Å². The van der Waals surface area contributed by atoms with Gasteiger partial charge in [0.2, 0.25) is 0 Å². The summed E-state index contributed by atoms with van der Waals surface area (Å²) in [6.07, 6.45) is 76.1. The van der Waals surface area contributed by atoms with Crippen molar-refractivity contribution in [2.24, 2.45) is 0 Å². The SMILES string of the molecule is C1=CCC(CCC2=CC=CC2)=C1.CCCCCCCCCCCCCCCCCC(=O)OCC(COC(=O)CCCCCCCCCCCCCCCCC)OC(=O)CCCCCCCCCCCCCCCCC. The quantitative estimate of drug-likeness (QED) is 0.0343. The molecule has 0 fully saturated rings. The second-order valence-corrected chi connectivity index (χ2v) is 23.0. The molecule has 0 saturated carbocycles. The van der Waals surface area contributed by atoms with E-state index in [-0.39, 0.29) is 31.1 Å². The molecule has 0 amide bonds. The maximum absolute atomic E-state index is 12.8. The summed E-state index contributed by atoms with van der Waals surface area (Å²) in [5.74, 6) is -0.832. The Morgan fingerprint density at radius 1 is 0.333 bits per heavy atom. The van der Waals surface area contributed by atoms with Crippen LogP contribution in [0.25, 0.3) is 0 Å². The van der Waals surface area contributed by atoms with Gasteiger partial charge in [0, 0.05) is 19.3 Å². The Balaban J connectivity index is 0.00000201. The van der Waals surface area contributed by atoms with E-state index in [9.17, 15) is 14.4 Å². The number of hydrogen-bond donors (Lipinski definition) is 0. The molecule has 0 spiro atoms. The molecule has 0 N–H and O–H groups in total. The summed E-state index contributed by atoms with van der Waals surface area (Å²) in [6.45, 7) is 6.71. The number of unbranched alkanes of at least 4 members (excludes halogenated alkanes) is 42. The summed E-state index contributed by atoms with van der Waals surface area (Å²) >= 11 is 0. The number of ether oxygens (including phenoxy) is 3. The van der Waals surface area contributed by atoms with Crippen molar-refractivity contribution in [1.82, 2.24) is 0 Å². The van der Waals surface area contributed by atoms with E-state index in [4.69, 9.17) is 14.2 Å². The van der Waals surface area contributed by atoms with Crippen LogP contribution in [0.1, 0.15) is 355 Å². The fraction of sp³-hybridized carbons (Fsp3) is 0.841. The van der Waals surface area contributed by atoms with Gasteiger partial charge in [0.1, 0.15) is 13.2 Å². The molecule has 0 aliphatic heterocycles. The van der Waals surface area contributed by atoms with Gasteiger partial charge in [0.05, 0.1) is 0 Å². The van der Waals surface area contributed by atoms with Crippen LogP contribution < -0.4 is 0 Å². The standard InChI is InChI=1S/C57H110O6.C12H14/c1-4-7-10-13-16-19-22-25-28-31-34-37-40-43-46-49-55(58)61-52-54(63-57(60)51-48-45-42-39-36-33-30-27-24-21-18-15-12-9-6-3)53-62-56(59)50-47-44-41-38-35-32-29-26-23-20-17-14-11-8-5-2;1-2-6-11(5-1)9-10-12-7-3-4-8-12/h54H,4-53H2,1-3H3;1-5,7H,6,8-10H2. The molecule has 0 atom stereocenters. The van der Waals surface area contributed by atoms with E-state index in [1.807, 2.05) is 0 Å². The first kappa shape index (κ1) is 70.4. The Labute approximate surface area is 466 Å². The Bertz CT molecular complexity index is 1310. The first-order valence-electron chi connectivity index (χ1n) is 33.2. The molecule has 0 bridgehead atoms. The zero-order valence-electron chi connectivity index (χ0n) is 50.2. The second kappa shape index (κ2) is 57.5. The molecule has 75 heavy (non-hydrogen) atoms. The van der Waals surface area contributed by atoms with Gasteiger partial charge in [-0.1, -0.05) is 338 Å². The average Bonchev–Trinajstić information content (AvgIpc) is 4.16. The molecule has 2 rings (SSSR count). The Morgan fingerprint density at radius 3 is 0.787 bits per heavy atom. The van der Waals surface area contributed by atoms with Crippen molar-refractivity contribution in [3.63, 3.8) is 0 Å². The number of hydrogen-bond acceptors (Lipinski definition) is 6. The molecule has 6 heteroatoms. The fourth-order valence-electron chi connectivity index (χ4n) is 10.5. The normalized spacial score (nSPS) is 12.8. The van der Waals surface area contributed by atoms with Crippen molar-refractivity contribution in [2.45, 2.75) is 361 Å². The van der Waals surface area contributed by atoms with Crippen LogP contribution in [-0.2, 0) is 28.6 Å². The van der Waals surface area contributed by atoms with Crippen molar-refractivity contribution < 1.29 is 28.6 Å². The molecule has 436 valence electrons. The van der Waals surface area contributed by atoms with Crippen LogP contribution in [0.2, 0.25) is 0 Å². The molecule has 0 aromatic carbocycles. The minimum Gasteiger partial charge on any atom is -0.462 e. The van der Waals surface area contributed by atoms with E-state index < -0.39 is 6.10 Å². The molecular weight excluding hydrogens is 925 g/mol.